The molecule has 2 aromatic carbocycles. The van der Waals surface area contributed by atoms with Crippen LogP contribution in [-0.2, 0) is 4.74 Å². The van der Waals surface area contributed by atoms with E-state index in [2.05, 4.69) is 68.5 Å². The number of hydrogen-bond acceptors (Lipinski definition) is 1. The number of fused-ring (bicyclic) bond motifs is 2. The molecule has 2 aromatic rings. The van der Waals surface area contributed by atoms with Crippen LogP contribution in [-0.4, -0.2) is 11.2 Å². The number of allylic oxidation sites excluding steroid dienone is 1. The number of rotatable bonds is 1. The van der Waals surface area contributed by atoms with E-state index in [-0.39, 0.29) is 11.2 Å². The topological polar surface area (TPSA) is 9.23 Å². The van der Waals surface area contributed by atoms with Gasteiger partial charge in [-0.2, -0.15) is 0 Å². The normalized spacial score (nSPS) is 43.1. The van der Waals surface area contributed by atoms with Crippen LogP contribution in [0.5, 0.6) is 0 Å². The maximum absolute atomic E-state index is 7.35. The zero-order chi connectivity index (χ0) is 20.8. The second-order valence-corrected chi connectivity index (χ2v) is 11.7. The molecule has 0 N–H and O–H groups in total. The second kappa shape index (κ2) is 6.13. The first-order chi connectivity index (χ1) is 15.0. The Morgan fingerprint density at radius 1 is 0.968 bits per heavy atom. The number of hydrogen-bond donors (Lipinski definition) is 0. The van der Waals surface area contributed by atoms with E-state index in [9.17, 15) is 0 Å². The van der Waals surface area contributed by atoms with Gasteiger partial charge >= 0.3 is 0 Å². The van der Waals surface area contributed by atoms with Gasteiger partial charge in [0, 0.05) is 0 Å². The van der Waals surface area contributed by atoms with Crippen molar-refractivity contribution in [3.8, 4) is 0 Å². The van der Waals surface area contributed by atoms with E-state index in [1.54, 1.807) is 16.7 Å². The second-order valence-electron chi connectivity index (χ2n) is 11.7. The van der Waals surface area contributed by atoms with E-state index in [0.717, 1.165) is 5.92 Å². The lowest BCUT2D eigenvalue weighted by molar-refractivity contribution is -0.138. The quantitative estimate of drug-likeness (QED) is 0.467. The molecule has 160 valence electrons. The first kappa shape index (κ1) is 18.7. The maximum atomic E-state index is 7.35. The lowest BCUT2D eigenvalue weighted by atomic mass is 9.58. The molecule has 2 bridgehead atoms. The molecule has 31 heavy (non-hydrogen) atoms. The van der Waals surface area contributed by atoms with Crippen molar-refractivity contribution in [2.45, 2.75) is 82.3 Å². The first-order valence-electron chi connectivity index (χ1n) is 12.6. The Morgan fingerprint density at radius 3 is 2.74 bits per heavy atom. The highest BCUT2D eigenvalue weighted by Gasteiger charge is 2.66. The summed E-state index contributed by atoms with van der Waals surface area (Å²) < 4.78 is 7.35. The molecule has 5 aliphatic rings. The lowest BCUT2D eigenvalue weighted by Gasteiger charge is -2.54. The maximum Gasteiger partial charge on any atom is 0.0974 e. The van der Waals surface area contributed by atoms with Crippen LogP contribution in [0.25, 0.3) is 10.8 Å². The van der Waals surface area contributed by atoms with Crippen molar-refractivity contribution >= 4 is 10.8 Å². The summed E-state index contributed by atoms with van der Waals surface area (Å²) in [7, 11) is 0. The third kappa shape index (κ3) is 2.37. The Kier molecular flexibility index (Phi) is 3.70. The van der Waals surface area contributed by atoms with E-state index >= 15 is 0 Å². The highest BCUT2D eigenvalue weighted by Crippen LogP contribution is 2.69. The molecular formula is C30H34O. The van der Waals surface area contributed by atoms with E-state index < -0.39 is 0 Å². The zero-order valence-corrected chi connectivity index (χ0v) is 19.0. The monoisotopic (exact) mass is 410 g/mol. The van der Waals surface area contributed by atoms with Gasteiger partial charge in [-0.25, -0.2) is 0 Å². The van der Waals surface area contributed by atoms with Gasteiger partial charge in [-0.05, 0) is 102 Å². The molecule has 1 nitrogen and oxygen atoms in total. The summed E-state index contributed by atoms with van der Waals surface area (Å²) in [6, 6.07) is 16.0. The minimum absolute atomic E-state index is 0.0147. The number of ether oxygens (including phenoxy) is 1. The molecule has 3 aliphatic carbocycles. The minimum Gasteiger partial charge on any atom is -0.359 e. The minimum atomic E-state index is -0.0147. The van der Waals surface area contributed by atoms with Crippen LogP contribution in [0.15, 0.2) is 65.8 Å². The molecular weight excluding hydrogens is 376 g/mol. The van der Waals surface area contributed by atoms with Crippen molar-refractivity contribution in [2.75, 3.05) is 0 Å². The molecule has 0 unspecified atom stereocenters. The molecule has 2 aliphatic heterocycles. The van der Waals surface area contributed by atoms with Crippen molar-refractivity contribution in [3.05, 3.63) is 71.3 Å². The summed E-state index contributed by atoms with van der Waals surface area (Å²) in [4.78, 5) is 0. The fourth-order valence-electron chi connectivity index (χ4n) is 8.62. The van der Waals surface area contributed by atoms with Crippen molar-refractivity contribution in [1.29, 1.82) is 0 Å². The summed E-state index contributed by atoms with van der Waals surface area (Å²) in [6.45, 7) is 5.02. The highest BCUT2D eigenvalue weighted by atomic mass is 16.5. The molecule has 0 amide bonds. The molecule has 1 saturated heterocycles. The molecule has 0 aromatic heterocycles. The van der Waals surface area contributed by atoms with Crippen LogP contribution in [0.3, 0.4) is 0 Å². The molecule has 1 heteroatoms. The van der Waals surface area contributed by atoms with Crippen LogP contribution < -0.4 is 0 Å². The van der Waals surface area contributed by atoms with Gasteiger partial charge in [-0.1, -0.05) is 68.5 Å². The average molecular weight is 411 g/mol. The van der Waals surface area contributed by atoms with Gasteiger partial charge in [0.25, 0.3) is 0 Å². The fourth-order valence-corrected chi connectivity index (χ4v) is 8.62. The van der Waals surface area contributed by atoms with E-state index in [0.29, 0.717) is 17.3 Å². The van der Waals surface area contributed by atoms with Gasteiger partial charge in [0.15, 0.2) is 0 Å². The van der Waals surface area contributed by atoms with Crippen molar-refractivity contribution in [1.82, 2.24) is 0 Å². The lowest BCUT2D eigenvalue weighted by Crippen LogP contribution is -2.53. The largest absolute Gasteiger partial charge is 0.359 e. The van der Waals surface area contributed by atoms with Crippen molar-refractivity contribution in [2.24, 2.45) is 17.3 Å². The Morgan fingerprint density at radius 2 is 1.84 bits per heavy atom. The third-order valence-electron chi connectivity index (χ3n) is 10.1. The van der Waals surface area contributed by atoms with Crippen LogP contribution in [0.1, 0.15) is 76.7 Å². The Bertz CT molecular complexity index is 1140. The van der Waals surface area contributed by atoms with E-state index in [4.69, 9.17) is 4.74 Å². The molecule has 6 atom stereocenters. The summed E-state index contributed by atoms with van der Waals surface area (Å²) in [5.41, 5.74) is 5.06. The molecule has 2 saturated carbocycles. The van der Waals surface area contributed by atoms with Crippen LogP contribution in [0.2, 0.25) is 0 Å². The smallest absolute Gasteiger partial charge is 0.0974 e. The van der Waals surface area contributed by atoms with Crippen LogP contribution in [0, 0.1) is 17.3 Å². The Balaban J connectivity index is 1.31. The van der Waals surface area contributed by atoms with Crippen molar-refractivity contribution < 1.29 is 4.74 Å². The molecule has 7 rings (SSSR count). The van der Waals surface area contributed by atoms with Gasteiger partial charge in [-0.15, -0.1) is 0 Å². The molecule has 2 spiro atoms. The van der Waals surface area contributed by atoms with Crippen molar-refractivity contribution in [3.63, 3.8) is 0 Å². The van der Waals surface area contributed by atoms with Gasteiger partial charge < -0.3 is 4.74 Å². The number of benzene rings is 2. The third-order valence-corrected chi connectivity index (χ3v) is 10.1. The predicted molar refractivity (Wildman–Crippen MR) is 127 cm³/mol. The summed E-state index contributed by atoms with van der Waals surface area (Å²) in [5.74, 6) is 2.07. The van der Waals surface area contributed by atoms with Crippen LogP contribution >= 0.6 is 0 Å². The van der Waals surface area contributed by atoms with E-state index in [1.165, 1.54) is 62.1 Å². The predicted octanol–water partition coefficient (Wildman–Crippen LogP) is 7.72. The summed E-state index contributed by atoms with van der Waals surface area (Å²) in [6.07, 6.45) is 15.3. The summed E-state index contributed by atoms with van der Waals surface area (Å²) in [5, 5.41) is 2.74. The van der Waals surface area contributed by atoms with Gasteiger partial charge in [0.2, 0.25) is 0 Å². The standard InChI is InChI=1S/C30H34O/c1-20-7-10-24-18-25-13-14-28(2)26(23-9-8-21-5-3-4-6-22(21)17-23)11-12-27(28)30(25)16-15-29(24,19-20)31-30/h3-6,8-9,13,17-18,20,26-27H,7,10-12,14-16,19H2,1-2H3/t20-,26-,27-,28-,29-,30-/m1/s1. The van der Waals surface area contributed by atoms with Gasteiger partial charge in [0.05, 0.1) is 11.2 Å². The van der Waals surface area contributed by atoms with Gasteiger partial charge in [0.1, 0.15) is 0 Å². The average Bonchev–Trinajstić information content (AvgIpc) is 3.28. The highest BCUT2D eigenvalue weighted by molar-refractivity contribution is 5.83. The zero-order valence-electron chi connectivity index (χ0n) is 19.0. The Hall–Kier alpha value is -1.86. The van der Waals surface area contributed by atoms with Crippen LogP contribution in [0.4, 0.5) is 0 Å². The fraction of sp³-hybridized carbons (Fsp3) is 0.533. The summed E-state index contributed by atoms with van der Waals surface area (Å²) >= 11 is 0. The molecule has 0 radical (unpaired) electrons. The Labute approximate surface area is 186 Å². The molecule has 3 fully saturated rings. The SMILES string of the molecule is C[C@@H]1CCC2=CC3=CC[C@]4(C)[C@@H](c5ccc6ccccc6c5)CC[C@H]4[C@@]34CC[C@]2(C1)O4. The van der Waals surface area contributed by atoms with E-state index in [1.807, 2.05) is 0 Å². The van der Waals surface area contributed by atoms with Gasteiger partial charge in [-0.3, -0.25) is 0 Å². The molecule has 2 heterocycles. The first-order valence-corrected chi connectivity index (χ1v) is 12.6.